The minimum absolute atomic E-state index is 0.208. The molecule has 0 aliphatic rings. The molecule has 0 amide bonds. The van der Waals surface area contributed by atoms with Crippen molar-refractivity contribution in [1.82, 2.24) is 0 Å². The number of methoxy groups -OCH3 is 1. The molecule has 0 spiro atoms. The number of nitrogens with zero attached hydrogens (tertiary/aromatic N) is 1. The van der Waals surface area contributed by atoms with Gasteiger partial charge in [-0.15, -0.1) is 0 Å². The molecule has 94 valence electrons. The standard InChI is InChI=1S/C13H13NO4/c1-17-13-8-7-12(18-13)11(9-14(15)16)10-5-3-2-4-6-10/h2-8,11H,9H2,1H3. The fraction of sp³-hybridized carbons (Fsp3) is 0.231. The highest BCUT2D eigenvalue weighted by atomic mass is 16.6. The van der Waals surface area contributed by atoms with Gasteiger partial charge in [0.2, 0.25) is 6.54 Å². The molecular weight excluding hydrogens is 234 g/mol. The number of benzene rings is 1. The second-order valence-corrected chi connectivity index (χ2v) is 3.84. The Labute approximate surface area is 104 Å². The van der Waals surface area contributed by atoms with Crippen LogP contribution in [0, 0.1) is 10.1 Å². The summed E-state index contributed by atoms with van der Waals surface area (Å²) >= 11 is 0. The van der Waals surface area contributed by atoms with Gasteiger partial charge in [0, 0.05) is 11.0 Å². The molecule has 0 saturated heterocycles. The third kappa shape index (κ3) is 2.68. The highest BCUT2D eigenvalue weighted by Gasteiger charge is 2.23. The number of hydrogen-bond acceptors (Lipinski definition) is 4. The Bertz CT molecular complexity index is 521. The summed E-state index contributed by atoms with van der Waals surface area (Å²) in [6.07, 6.45) is 0. The Balaban J connectivity index is 2.33. The largest absolute Gasteiger partial charge is 0.468 e. The summed E-state index contributed by atoms with van der Waals surface area (Å²) in [6, 6.07) is 12.6. The molecule has 0 fully saturated rings. The van der Waals surface area contributed by atoms with Crippen molar-refractivity contribution in [3.8, 4) is 5.95 Å². The van der Waals surface area contributed by atoms with E-state index in [0.717, 1.165) is 5.56 Å². The predicted octanol–water partition coefficient (Wildman–Crippen LogP) is 2.70. The maximum atomic E-state index is 10.8. The van der Waals surface area contributed by atoms with Crippen molar-refractivity contribution in [2.24, 2.45) is 0 Å². The van der Waals surface area contributed by atoms with Crippen molar-refractivity contribution < 1.29 is 14.1 Å². The van der Waals surface area contributed by atoms with Gasteiger partial charge in [-0.3, -0.25) is 10.1 Å². The molecule has 0 bridgehead atoms. The lowest BCUT2D eigenvalue weighted by atomic mass is 9.97. The fourth-order valence-electron chi connectivity index (χ4n) is 1.83. The van der Waals surface area contributed by atoms with Gasteiger partial charge in [-0.2, -0.15) is 0 Å². The quantitative estimate of drug-likeness (QED) is 0.601. The average Bonchev–Trinajstić information content (AvgIpc) is 2.85. The van der Waals surface area contributed by atoms with E-state index in [1.165, 1.54) is 7.11 Å². The maximum Gasteiger partial charge on any atom is 0.284 e. The topological polar surface area (TPSA) is 65.5 Å². The summed E-state index contributed by atoms with van der Waals surface area (Å²) in [5.74, 6) is 0.495. The first kappa shape index (κ1) is 12.2. The second-order valence-electron chi connectivity index (χ2n) is 3.84. The molecule has 2 aromatic rings. The summed E-state index contributed by atoms with van der Waals surface area (Å²) in [4.78, 5) is 10.4. The fourth-order valence-corrected chi connectivity index (χ4v) is 1.83. The van der Waals surface area contributed by atoms with Gasteiger partial charge in [-0.1, -0.05) is 30.3 Å². The number of nitro groups is 1. The van der Waals surface area contributed by atoms with Crippen molar-refractivity contribution in [3.63, 3.8) is 0 Å². The molecular formula is C13H13NO4. The minimum Gasteiger partial charge on any atom is -0.468 e. The first-order chi connectivity index (χ1) is 8.70. The lowest BCUT2D eigenvalue weighted by molar-refractivity contribution is -0.482. The number of hydrogen-bond donors (Lipinski definition) is 0. The van der Waals surface area contributed by atoms with Crippen molar-refractivity contribution in [3.05, 3.63) is 63.9 Å². The van der Waals surface area contributed by atoms with Crippen LogP contribution in [0.4, 0.5) is 0 Å². The summed E-state index contributed by atoms with van der Waals surface area (Å²) in [5.41, 5.74) is 0.853. The van der Waals surface area contributed by atoms with Crippen LogP contribution in [0.1, 0.15) is 17.2 Å². The van der Waals surface area contributed by atoms with Gasteiger partial charge in [0.25, 0.3) is 5.95 Å². The lowest BCUT2D eigenvalue weighted by Crippen LogP contribution is -2.13. The monoisotopic (exact) mass is 247 g/mol. The molecule has 5 heteroatoms. The third-order valence-corrected chi connectivity index (χ3v) is 2.68. The van der Waals surface area contributed by atoms with E-state index in [2.05, 4.69) is 0 Å². The van der Waals surface area contributed by atoms with Crippen LogP contribution in [-0.2, 0) is 0 Å². The van der Waals surface area contributed by atoms with E-state index in [-0.39, 0.29) is 11.5 Å². The zero-order valence-corrected chi connectivity index (χ0v) is 9.91. The van der Waals surface area contributed by atoms with Crippen LogP contribution in [-0.4, -0.2) is 18.6 Å². The van der Waals surface area contributed by atoms with Crippen LogP contribution in [0.3, 0.4) is 0 Å². The Morgan fingerprint density at radius 3 is 2.56 bits per heavy atom. The van der Waals surface area contributed by atoms with Gasteiger partial charge in [0.1, 0.15) is 11.7 Å². The van der Waals surface area contributed by atoms with Crippen LogP contribution in [0.2, 0.25) is 0 Å². The lowest BCUT2D eigenvalue weighted by Gasteiger charge is -2.10. The zero-order chi connectivity index (χ0) is 13.0. The van der Waals surface area contributed by atoms with Crippen molar-refractivity contribution >= 4 is 0 Å². The summed E-state index contributed by atoms with van der Waals surface area (Å²) < 4.78 is 10.4. The Morgan fingerprint density at radius 2 is 2.00 bits per heavy atom. The highest BCUT2D eigenvalue weighted by Crippen LogP contribution is 2.28. The molecule has 0 aliphatic heterocycles. The van der Waals surface area contributed by atoms with E-state index >= 15 is 0 Å². The van der Waals surface area contributed by atoms with Crippen LogP contribution in [0.15, 0.2) is 46.9 Å². The molecule has 0 saturated carbocycles. The first-order valence-electron chi connectivity index (χ1n) is 5.51. The molecule has 5 nitrogen and oxygen atoms in total. The smallest absolute Gasteiger partial charge is 0.284 e. The summed E-state index contributed by atoms with van der Waals surface area (Å²) in [7, 11) is 1.49. The van der Waals surface area contributed by atoms with Gasteiger partial charge in [0.15, 0.2) is 0 Å². The molecule has 0 aliphatic carbocycles. The van der Waals surface area contributed by atoms with Gasteiger partial charge < -0.3 is 9.15 Å². The Kier molecular flexibility index (Phi) is 3.62. The van der Waals surface area contributed by atoms with Gasteiger partial charge in [-0.25, -0.2) is 0 Å². The van der Waals surface area contributed by atoms with E-state index in [4.69, 9.17) is 9.15 Å². The van der Waals surface area contributed by atoms with E-state index < -0.39 is 5.92 Å². The third-order valence-electron chi connectivity index (χ3n) is 2.68. The molecule has 0 radical (unpaired) electrons. The molecule has 1 aromatic carbocycles. The minimum atomic E-state index is -0.398. The van der Waals surface area contributed by atoms with Crippen LogP contribution in [0.25, 0.3) is 0 Å². The van der Waals surface area contributed by atoms with Gasteiger partial charge in [-0.05, 0) is 11.6 Å². The van der Waals surface area contributed by atoms with E-state index in [0.29, 0.717) is 11.7 Å². The molecule has 0 N–H and O–H groups in total. The highest BCUT2D eigenvalue weighted by molar-refractivity contribution is 5.28. The number of furan rings is 1. The first-order valence-corrected chi connectivity index (χ1v) is 5.51. The number of ether oxygens (including phenoxy) is 1. The van der Waals surface area contributed by atoms with Gasteiger partial charge >= 0.3 is 0 Å². The van der Waals surface area contributed by atoms with Gasteiger partial charge in [0.05, 0.1) is 7.11 Å². The Morgan fingerprint density at radius 1 is 1.28 bits per heavy atom. The summed E-state index contributed by atoms with van der Waals surface area (Å²) in [5, 5.41) is 10.8. The van der Waals surface area contributed by atoms with Crippen LogP contribution in [0.5, 0.6) is 5.95 Å². The van der Waals surface area contributed by atoms with Crippen molar-refractivity contribution in [2.45, 2.75) is 5.92 Å². The van der Waals surface area contributed by atoms with Crippen LogP contribution >= 0.6 is 0 Å². The number of rotatable bonds is 5. The van der Waals surface area contributed by atoms with E-state index in [9.17, 15) is 10.1 Å². The predicted molar refractivity (Wildman–Crippen MR) is 65.4 cm³/mol. The SMILES string of the molecule is COc1ccc(C(C[N+](=O)[O-])c2ccccc2)o1. The van der Waals surface area contributed by atoms with Crippen molar-refractivity contribution in [1.29, 1.82) is 0 Å². The average molecular weight is 247 g/mol. The van der Waals surface area contributed by atoms with Crippen molar-refractivity contribution in [2.75, 3.05) is 13.7 Å². The molecule has 1 atom stereocenters. The van der Waals surface area contributed by atoms with E-state index in [1.807, 2.05) is 30.3 Å². The molecule has 1 heterocycles. The molecule has 2 rings (SSSR count). The second kappa shape index (κ2) is 5.35. The maximum absolute atomic E-state index is 10.8. The summed E-state index contributed by atoms with van der Waals surface area (Å²) in [6.45, 7) is -0.208. The zero-order valence-electron chi connectivity index (χ0n) is 9.91. The Hall–Kier alpha value is -2.30. The van der Waals surface area contributed by atoms with Crippen LogP contribution < -0.4 is 4.74 Å². The molecule has 1 unspecified atom stereocenters. The molecule has 18 heavy (non-hydrogen) atoms. The normalized spacial score (nSPS) is 12.1. The van der Waals surface area contributed by atoms with E-state index in [1.54, 1.807) is 12.1 Å². The molecule has 1 aromatic heterocycles.